The molecule has 0 saturated heterocycles. The highest BCUT2D eigenvalue weighted by Crippen LogP contribution is 2.09. The number of rotatable bonds is 1. The summed E-state index contributed by atoms with van der Waals surface area (Å²) in [6.45, 7) is 0. The van der Waals surface area contributed by atoms with Crippen molar-refractivity contribution in [3.8, 4) is 0 Å². The second-order valence-corrected chi connectivity index (χ2v) is 2.98. The molecule has 0 aromatic carbocycles. The van der Waals surface area contributed by atoms with Gasteiger partial charge in [0.05, 0.1) is 11.7 Å². The van der Waals surface area contributed by atoms with E-state index in [0.29, 0.717) is 16.4 Å². The molecule has 2 rings (SSSR count). The molecule has 12 heavy (non-hydrogen) atoms. The predicted molar refractivity (Wildman–Crippen MR) is 49.3 cm³/mol. The van der Waals surface area contributed by atoms with E-state index in [0.717, 1.165) is 5.69 Å². The van der Waals surface area contributed by atoms with Gasteiger partial charge >= 0.3 is 0 Å². The molecule has 62 valence electrons. The van der Waals surface area contributed by atoms with Crippen LogP contribution >= 0.6 is 15.9 Å². The molecule has 5 heteroatoms. The highest BCUT2D eigenvalue weighted by atomic mass is 79.9. The number of fused-ring (bicyclic) bond motifs is 1. The van der Waals surface area contributed by atoms with E-state index in [-0.39, 0.29) is 5.56 Å². The van der Waals surface area contributed by atoms with E-state index in [1.807, 2.05) is 0 Å². The van der Waals surface area contributed by atoms with E-state index >= 15 is 0 Å². The summed E-state index contributed by atoms with van der Waals surface area (Å²) >= 11 is 3.29. The molecule has 0 atom stereocenters. The SMILES string of the molecule is O=c1[nH]cnc2[nH]c(CBr)cc12. The monoisotopic (exact) mass is 227 g/mol. The molecular weight excluding hydrogens is 222 g/mol. The zero-order valence-electron chi connectivity index (χ0n) is 6.10. The third-order valence-electron chi connectivity index (χ3n) is 1.63. The largest absolute Gasteiger partial charge is 0.342 e. The van der Waals surface area contributed by atoms with Crippen molar-refractivity contribution in [2.24, 2.45) is 0 Å². The summed E-state index contributed by atoms with van der Waals surface area (Å²) in [5, 5.41) is 1.30. The first-order valence-electron chi connectivity index (χ1n) is 3.42. The topological polar surface area (TPSA) is 61.5 Å². The molecule has 0 amide bonds. The van der Waals surface area contributed by atoms with Crippen LogP contribution in [0, 0.1) is 0 Å². The molecule has 0 aliphatic carbocycles. The third kappa shape index (κ3) is 1.06. The number of aromatic amines is 2. The van der Waals surface area contributed by atoms with Crippen LogP contribution in [0.2, 0.25) is 0 Å². The van der Waals surface area contributed by atoms with Crippen molar-refractivity contribution in [1.29, 1.82) is 0 Å². The fraction of sp³-hybridized carbons (Fsp3) is 0.143. The number of halogens is 1. The summed E-state index contributed by atoms with van der Waals surface area (Å²) in [5.41, 5.74) is 1.48. The van der Waals surface area contributed by atoms with E-state index in [1.165, 1.54) is 6.33 Å². The lowest BCUT2D eigenvalue weighted by atomic mass is 10.4. The van der Waals surface area contributed by atoms with Gasteiger partial charge in [-0.15, -0.1) is 0 Å². The Bertz CT molecular complexity index is 459. The molecule has 2 aromatic heterocycles. The Morgan fingerprint density at radius 2 is 2.42 bits per heavy atom. The molecule has 2 aromatic rings. The third-order valence-corrected chi connectivity index (χ3v) is 2.23. The van der Waals surface area contributed by atoms with Crippen molar-refractivity contribution < 1.29 is 0 Å². The second-order valence-electron chi connectivity index (χ2n) is 2.42. The number of hydrogen-bond donors (Lipinski definition) is 2. The molecule has 2 heterocycles. The smallest absolute Gasteiger partial charge is 0.260 e. The molecule has 0 radical (unpaired) electrons. The second kappa shape index (κ2) is 2.75. The van der Waals surface area contributed by atoms with Gasteiger partial charge in [0.1, 0.15) is 5.65 Å². The van der Waals surface area contributed by atoms with Crippen LogP contribution in [0.1, 0.15) is 5.69 Å². The molecule has 0 unspecified atom stereocenters. The number of nitrogens with zero attached hydrogens (tertiary/aromatic N) is 1. The summed E-state index contributed by atoms with van der Waals surface area (Å²) in [7, 11) is 0. The lowest BCUT2D eigenvalue weighted by Crippen LogP contribution is -2.04. The number of H-pyrrole nitrogens is 2. The predicted octanol–water partition coefficient (Wildman–Crippen LogP) is 1.15. The molecule has 0 aliphatic heterocycles. The maximum atomic E-state index is 11.2. The number of alkyl halides is 1. The van der Waals surface area contributed by atoms with Gasteiger partial charge in [0.15, 0.2) is 0 Å². The van der Waals surface area contributed by atoms with Crippen LogP contribution in [0.15, 0.2) is 17.2 Å². The van der Waals surface area contributed by atoms with Crippen molar-refractivity contribution in [3.63, 3.8) is 0 Å². The van der Waals surface area contributed by atoms with Gasteiger partial charge in [-0.05, 0) is 6.07 Å². The van der Waals surface area contributed by atoms with E-state index in [2.05, 4.69) is 30.9 Å². The van der Waals surface area contributed by atoms with Gasteiger partial charge in [-0.25, -0.2) is 4.98 Å². The Morgan fingerprint density at radius 3 is 3.08 bits per heavy atom. The van der Waals surface area contributed by atoms with Crippen molar-refractivity contribution in [2.45, 2.75) is 5.33 Å². The molecule has 0 aliphatic rings. The van der Waals surface area contributed by atoms with E-state index in [9.17, 15) is 4.79 Å². The van der Waals surface area contributed by atoms with Crippen molar-refractivity contribution in [1.82, 2.24) is 15.0 Å². The summed E-state index contributed by atoms with van der Waals surface area (Å²) in [6, 6.07) is 1.79. The van der Waals surface area contributed by atoms with Crippen LogP contribution < -0.4 is 5.56 Å². The molecule has 0 saturated carbocycles. The van der Waals surface area contributed by atoms with E-state index in [1.54, 1.807) is 6.07 Å². The zero-order valence-corrected chi connectivity index (χ0v) is 7.68. The first-order chi connectivity index (χ1) is 5.81. The zero-order chi connectivity index (χ0) is 8.55. The van der Waals surface area contributed by atoms with Gasteiger partial charge in [0.2, 0.25) is 0 Å². The van der Waals surface area contributed by atoms with E-state index in [4.69, 9.17) is 0 Å². The van der Waals surface area contributed by atoms with Gasteiger partial charge in [-0.1, -0.05) is 15.9 Å². The summed E-state index contributed by atoms with van der Waals surface area (Å²) in [4.78, 5) is 20.7. The van der Waals surface area contributed by atoms with E-state index < -0.39 is 0 Å². The van der Waals surface area contributed by atoms with Crippen LogP contribution in [0.4, 0.5) is 0 Å². The van der Waals surface area contributed by atoms with Crippen LogP contribution in [0.5, 0.6) is 0 Å². The highest BCUT2D eigenvalue weighted by Gasteiger charge is 2.02. The van der Waals surface area contributed by atoms with Crippen LogP contribution in [0.25, 0.3) is 11.0 Å². The fourth-order valence-corrected chi connectivity index (χ4v) is 1.38. The quantitative estimate of drug-likeness (QED) is 0.719. The molecule has 0 fully saturated rings. The van der Waals surface area contributed by atoms with Gasteiger partial charge in [-0.3, -0.25) is 4.79 Å². The first-order valence-corrected chi connectivity index (χ1v) is 4.54. The molecular formula is C7H6BrN3O. The average Bonchev–Trinajstić information content (AvgIpc) is 2.49. The number of aromatic nitrogens is 3. The van der Waals surface area contributed by atoms with Gasteiger partial charge in [-0.2, -0.15) is 0 Å². The minimum atomic E-state index is -0.108. The highest BCUT2D eigenvalue weighted by molar-refractivity contribution is 9.08. The average molecular weight is 228 g/mol. The van der Waals surface area contributed by atoms with Crippen LogP contribution in [-0.4, -0.2) is 15.0 Å². The molecule has 0 spiro atoms. The Morgan fingerprint density at radius 1 is 1.58 bits per heavy atom. The minimum absolute atomic E-state index is 0.108. The Balaban J connectivity index is 2.83. The summed E-state index contributed by atoms with van der Waals surface area (Å²) < 4.78 is 0. The molecule has 0 bridgehead atoms. The Hall–Kier alpha value is -1.10. The van der Waals surface area contributed by atoms with Crippen LogP contribution in [0.3, 0.4) is 0 Å². The molecule has 4 nitrogen and oxygen atoms in total. The normalized spacial score (nSPS) is 10.8. The Kier molecular flexibility index (Phi) is 1.73. The standard InChI is InChI=1S/C7H6BrN3O/c8-2-4-1-5-6(11-4)9-3-10-7(5)12/h1,3H,2H2,(H2,9,10,11,12). The summed E-state index contributed by atoms with van der Waals surface area (Å²) in [5.74, 6) is 0. The summed E-state index contributed by atoms with van der Waals surface area (Å²) in [6.07, 6.45) is 1.39. The van der Waals surface area contributed by atoms with Crippen molar-refractivity contribution in [2.75, 3.05) is 0 Å². The number of nitrogens with one attached hydrogen (secondary N) is 2. The maximum Gasteiger partial charge on any atom is 0.260 e. The van der Waals surface area contributed by atoms with Crippen LogP contribution in [-0.2, 0) is 5.33 Å². The lowest BCUT2D eigenvalue weighted by molar-refractivity contribution is 1.15. The fourth-order valence-electron chi connectivity index (χ4n) is 1.08. The lowest BCUT2D eigenvalue weighted by Gasteiger charge is -1.84. The van der Waals surface area contributed by atoms with Gasteiger partial charge < -0.3 is 9.97 Å². The van der Waals surface area contributed by atoms with Gasteiger partial charge in [0.25, 0.3) is 5.56 Å². The van der Waals surface area contributed by atoms with Gasteiger partial charge in [0, 0.05) is 11.0 Å². The maximum absolute atomic E-state index is 11.2. The van der Waals surface area contributed by atoms with Crippen molar-refractivity contribution >= 4 is 27.0 Å². The first kappa shape index (κ1) is 7.54. The molecule has 2 N–H and O–H groups in total. The minimum Gasteiger partial charge on any atom is -0.342 e. The van der Waals surface area contributed by atoms with Crippen molar-refractivity contribution in [3.05, 3.63) is 28.4 Å². The number of hydrogen-bond acceptors (Lipinski definition) is 2. The Labute approximate surface area is 76.2 Å².